The van der Waals surface area contributed by atoms with Crippen molar-refractivity contribution in [3.05, 3.63) is 0 Å². The van der Waals surface area contributed by atoms with Crippen LogP contribution in [-0.2, 0) is 4.74 Å². The Morgan fingerprint density at radius 2 is 2.00 bits per heavy atom. The lowest BCUT2D eigenvalue weighted by Crippen LogP contribution is -2.47. The van der Waals surface area contributed by atoms with Crippen molar-refractivity contribution in [1.29, 1.82) is 0 Å². The number of nitrogens with one attached hydrogen (secondary N) is 1. The lowest BCUT2D eigenvalue weighted by molar-refractivity contribution is -0.125. The van der Waals surface area contributed by atoms with E-state index < -0.39 is 30.6 Å². The van der Waals surface area contributed by atoms with Crippen LogP contribution in [0.2, 0.25) is 0 Å². The second-order valence-corrected chi connectivity index (χ2v) is 6.16. The van der Waals surface area contributed by atoms with Crippen molar-refractivity contribution >= 4 is 6.09 Å². The zero-order valence-corrected chi connectivity index (χ0v) is 12.5. The van der Waals surface area contributed by atoms with Gasteiger partial charge in [0.05, 0.1) is 6.54 Å². The molecular weight excluding hydrogens is 292 g/mol. The number of carbonyl (C=O) groups excluding carboxylic acids is 1. The van der Waals surface area contributed by atoms with E-state index in [0.717, 1.165) is 6.42 Å². The predicted octanol–water partition coefficient (Wildman–Crippen LogP) is 2.88. The van der Waals surface area contributed by atoms with Crippen LogP contribution >= 0.6 is 0 Å². The molecule has 0 bridgehead atoms. The number of nitrogens with zero attached hydrogens (tertiary/aromatic N) is 1. The molecule has 0 aromatic carbocycles. The average molecular weight is 314 g/mol. The quantitative estimate of drug-likeness (QED) is 0.793. The van der Waals surface area contributed by atoms with E-state index in [0.29, 0.717) is 13.0 Å². The van der Waals surface area contributed by atoms with Crippen molar-refractivity contribution in [3.8, 4) is 0 Å². The molecule has 1 unspecified atom stereocenters. The molecular formula is C13H22F4N2O2. The van der Waals surface area contributed by atoms with Gasteiger partial charge in [0, 0.05) is 19.1 Å². The van der Waals surface area contributed by atoms with E-state index in [2.05, 4.69) is 5.32 Å². The lowest BCUT2D eigenvalue weighted by atomic mass is 10.2. The van der Waals surface area contributed by atoms with Crippen molar-refractivity contribution in [3.63, 3.8) is 0 Å². The topological polar surface area (TPSA) is 41.6 Å². The first kappa shape index (κ1) is 18.0. The fourth-order valence-electron chi connectivity index (χ4n) is 2.09. The van der Waals surface area contributed by atoms with Crippen molar-refractivity contribution in [1.82, 2.24) is 10.2 Å². The fourth-order valence-corrected chi connectivity index (χ4v) is 2.09. The minimum absolute atomic E-state index is 0.0432. The van der Waals surface area contributed by atoms with Gasteiger partial charge in [-0.1, -0.05) is 0 Å². The lowest BCUT2D eigenvalue weighted by Gasteiger charge is -2.29. The standard InChI is InChI=1S/C13H22F4N2O2/c1-12(2,3)21-11(20)19-6-4-5-9(19)7-18-8-13(16,17)10(14)15/h9-10,18H,4-8H2,1-3H3. The van der Waals surface area contributed by atoms with Crippen LogP contribution in [-0.4, -0.2) is 54.6 Å². The Hall–Kier alpha value is -1.05. The third-order valence-electron chi connectivity index (χ3n) is 3.07. The Balaban J connectivity index is 2.46. The summed E-state index contributed by atoms with van der Waals surface area (Å²) in [6, 6.07) is -0.312. The molecule has 1 aliphatic rings. The van der Waals surface area contributed by atoms with Gasteiger partial charge in [-0.25, -0.2) is 13.6 Å². The van der Waals surface area contributed by atoms with Gasteiger partial charge in [-0.15, -0.1) is 0 Å². The molecule has 0 aromatic heterocycles. The van der Waals surface area contributed by atoms with E-state index in [1.54, 1.807) is 20.8 Å². The number of hydrogen-bond acceptors (Lipinski definition) is 3. The van der Waals surface area contributed by atoms with E-state index in [1.165, 1.54) is 4.90 Å². The SMILES string of the molecule is CC(C)(C)OC(=O)N1CCCC1CNCC(F)(F)C(F)F. The summed E-state index contributed by atoms with van der Waals surface area (Å²) in [6.45, 7) is 4.61. The molecule has 124 valence electrons. The highest BCUT2D eigenvalue weighted by molar-refractivity contribution is 5.69. The normalized spacial score (nSPS) is 20.2. The molecule has 1 aliphatic heterocycles. The molecule has 1 saturated heterocycles. The number of amides is 1. The molecule has 8 heteroatoms. The Morgan fingerprint density at radius 1 is 1.38 bits per heavy atom. The largest absolute Gasteiger partial charge is 0.444 e. The third kappa shape index (κ3) is 5.68. The van der Waals surface area contributed by atoms with Gasteiger partial charge < -0.3 is 15.0 Å². The zero-order valence-electron chi connectivity index (χ0n) is 12.5. The smallest absolute Gasteiger partial charge is 0.410 e. The third-order valence-corrected chi connectivity index (χ3v) is 3.07. The number of hydrogen-bond donors (Lipinski definition) is 1. The van der Waals surface area contributed by atoms with Gasteiger partial charge in [-0.3, -0.25) is 0 Å². The van der Waals surface area contributed by atoms with E-state index in [1.807, 2.05) is 0 Å². The molecule has 0 spiro atoms. The molecule has 1 fully saturated rings. The van der Waals surface area contributed by atoms with Crippen LogP contribution < -0.4 is 5.32 Å². The van der Waals surface area contributed by atoms with Crippen molar-refractivity contribution in [2.75, 3.05) is 19.6 Å². The average Bonchev–Trinajstić information content (AvgIpc) is 2.74. The van der Waals surface area contributed by atoms with Crippen LogP contribution in [0.5, 0.6) is 0 Å². The summed E-state index contributed by atoms with van der Waals surface area (Å²) in [6.07, 6.45) is -2.84. The fraction of sp³-hybridized carbons (Fsp3) is 0.923. The Labute approximate surface area is 121 Å². The number of likely N-dealkylation sites (tertiary alicyclic amines) is 1. The first-order valence-corrected chi connectivity index (χ1v) is 6.89. The van der Waals surface area contributed by atoms with E-state index in [-0.39, 0.29) is 12.6 Å². The summed E-state index contributed by atoms with van der Waals surface area (Å²) in [4.78, 5) is 13.4. The maximum Gasteiger partial charge on any atom is 0.410 e. The first-order chi connectivity index (χ1) is 9.53. The molecule has 1 heterocycles. The molecule has 0 radical (unpaired) electrons. The highest BCUT2D eigenvalue weighted by Gasteiger charge is 2.40. The summed E-state index contributed by atoms with van der Waals surface area (Å²) in [5.74, 6) is -4.06. The van der Waals surface area contributed by atoms with Crippen molar-refractivity contribution in [2.45, 2.75) is 57.6 Å². The van der Waals surface area contributed by atoms with Crippen LogP contribution in [0.15, 0.2) is 0 Å². The maximum absolute atomic E-state index is 12.8. The molecule has 1 amide bonds. The number of halogens is 4. The molecule has 1 atom stereocenters. The van der Waals surface area contributed by atoms with Crippen LogP contribution in [0, 0.1) is 0 Å². The summed E-state index contributed by atoms with van der Waals surface area (Å²) >= 11 is 0. The molecule has 0 saturated carbocycles. The van der Waals surface area contributed by atoms with Crippen LogP contribution in [0.25, 0.3) is 0 Å². The van der Waals surface area contributed by atoms with Gasteiger partial charge in [-0.05, 0) is 33.6 Å². The number of ether oxygens (including phenoxy) is 1. The van der Waals surface area contributed by atoms with E-state index >= 15 is 0 Å². The number of alkyl halides is 4. The van der Waals surface area contributed by atoms with E-state index in [4.69, 9.17) is 4.74 Å². The molecule has 4 nitrogen and oxygen atoms in total. The monoisotopic (exact) mass is 314 g/mol. The summed E-state index contributed by atoms with van der Waals surface area (Å²) in [5, 5.41) is 2.32. The molecule has 0 aliphatic carbocycles. The highest BCUT2D eigenvalue weighted by Crippen LogP contribution is 2.23. The van der Waals surface area contributed by atoms with Crippen molar-refractivity contribution in [2.24, 2.45) is 0 Å². The van der Waals surface area contributed by atoms with Gasteiger partial charge in [0.25, 0.3) is 0 Å². The summed E-state index contributed by atoms with van der Waals surface area (Å²) < 4.78 is 54.8. The molecule has 21 heavy (non-hydrogen) atoms. The van der Waals surface area contributed by atoms with Gasteiger partial charge in [-0.2, -0.15) is 8.78 Å². The molecule has 1 N–H and O–H groups in total. The minimum atomic E-state index is -4.06. The first-order valence-electron chi connectivity index (χ1n) is 6.89. The summed E-state index contributed by atoms with van der Waals surface area (Å²) in [7, 11) is 0. The Morgan fingerprint density at radius 3 is 2.52 bits per heavy atom. The van der Waals surface area contributed by atoms with E-state index in [9.17, 15) is 22.4 Å². The van der Waals surface area contributed by atoms with Crippen molar-refractivity contribution < 1.29 is 27.1 Å². The van der Waals surface area contributed by atoms with Gasteiger partial charge in [0.2, 0.25) is 0 Å². The predicted molar refractivity (Wildman–Crippen MR) is 69.8 cm³/mol. The highest BCUT2D eigenvalue weighted by atomic mass is 19.3. The zero-order chi connectivity index (χ0) is 16.3. The van der Waals surface area contributed by atoms with Gasteiger partial charge in [0.1, 0.15) is 5.60 Å². The van der Waals surface area contributed by atoms with Gasteiger partial charge in [0.15, 0.2) is 0 Å². The van der Waals surface area contributed by atoms with Crippen LogP contribution in [0.3, 0.4) is 0 Å². The number of rotatable bonds is 5. The Bertz CT molecular complexity index is 359. The van der Waals surface area contributed by atoms with Gasteiger partial charge >= 0.3 is 18.4 Å². The molecule has 1 rings (SSSR count). The second kappa shape index (κ2) is 6.81. The summed E-state index contributed by atoms with van der Waals surface area (Å²) in [5.41, 5.74) is -0.639. The minimum Gasteiger partial charge on any atom is -0.444 e. The van der Waals surface area contributed by atoms with Crippen LogP contribution in [0.4, 0.5) is 22.4 Å². The number of carbonyl (C=O) groups is 1. The maximum atomic E-state index is 12.8. The second-order valence-electron chi connectivity index (χ2n) is 6.16. The van der Waals surface area contributed by atoms with Crippen LogP contribution in [0.1, 0.15) is 33.6 Å². The Kier molecular flexibility index (Phi) is 5.83. The molecule has 0 aromatic rings.